The van der Waals surface area contributed by atoms with Gasteiger partial charge < -0.3 is 18.7 Å². The summed E-state index contributed by atoms with van der Waals surface area (Å²) in [5, 5.41) is 6.39. The van der Waals surface area contributed by atoms with E-state index in [-0.39, 0.29) is 18.3 Å². The number of nitrogens with one attached hydrogen (secondary N) is 1. The van der Waals surface area contributed by atoms with Crippen LogP contribution in [0.5, 0.6) is 0 Å². The van der Waals surface area contributed by atoms with Gasteiger partial charge in [0.05, 0.1) is 12.5 Å². The van der Waals surface area contributed by atoms with Crippen LogP contribution in [0.25, 0.3) is 11.6 Å². The Labute approximate surface area is 135 Å². The van der Waals surface area contributed by atoms with Crippen molar-refractivity contribution in [2.24, 2.45) is 0 Å². The Morgan fingerprint density at radius 1 is 1.21 bits per heavy atom. The third kappa shape index (κ3) is 2.09. The van der Waals surface area contributed by atoms with Crippen LogP contribution in [0.15, 0.2) is 50.1 Å². The normalized spacial score (nSPS) is 20.6. The molecule has 0 unspecified atom stereocenters. The van der Waals surface area contributed by atoms with Gasteiger partial charge in [-0.25, -0.2) is 4.79 Å². The van der Waals surface area contributed by atoms with Crippen molar-refractivity contribution in [2.75, 3.05) is 0 Å². The van der Waals surface area contributed by atoms with Crippen molar-refractivity contribution in [1.29, 1.82) is 0 Å². The molecule has 1 saturated heterocycles. The molecule has 1 aliphatic heterocycles. The van der Waals surface area contributed by atoms with Crippen molar-refractivity contribution < 1.29 is 22.9 Å². The summed E-state index contributed by atoms with van der Waals surface area (Å²) >= 11 is 0. The van der Waals surface area contributed by atoms with Gasteiger partial charge in [0, 0.05) is 0 Å². The molecule has 0 aliphatic carbocycles. The molecule has 0 aromatic carbocycles. The lowest BCUT2D eigenvalue weighted by molar-refractivity contribution is -0.132. The maximum Gasteiger partial charge on any atom is 0.325 e. The van der Waals surface area contributed by atoms with Crippen LogP contribution >= 0.6 is 0 Å². The molecule has 0 bridgehead atoms. The van der Waals surface area contributed by atoms with E-state index in [4.69, 9.17) is 13.4 Å². The molecule has 4 heterocycles. The quantitative estimate of drug-likeness (QED) is 0.727. The minimum absolute atomic E-state index is 0.119. The van der Waals surface area contributed by atoms with Gasteiger partial charge in [-0.2, -0.15) is 4.98 Å². The first-order chi connectivity index (χ1) is 11.6. The number of furan rings is 2. The molecule has 9 heteroatoms. The Balaban J connectivity index is 1.57. The lowest BCUT2D eigenvalue weighted by atomic mass is 9.99. The largest absolute Gasteiger partial charge is 0.466 e. The van der Waals surface area contributed by atoms with Gasteiger partial charge in [0.1, 0.15) is 12.3 Å². The number of hydrogen-bond acceptors (Lipinski definition) is 7. The van der Waals surface area contributed by atoms with E-state index >= 15 is 0 Å². The molecule has 0 saturated carbocycles. The van der Waals surface area contributed by atoms with Crippen LogP contribution in [-0.2, 0) is 16.9 Å². The van der Waals surface area contributed by atoms with Gasteiger partial charge >= 0.3 is 6.03 Å². The van der Waals surface area contributed by atoms with Crippen molar-refractivity contribution in [2.45, 2.75) is 19.0 Å². The van der Waals surface area contributed by atoms with E-state index in [1.807, 2.05) is 0 Å². The van der Waals surface area contributed by atoms with Crippen molar-refractivity contribution in [3.05, 3.63) is 48.4 Å². The summed E-state index contributed by atoms with van der Waals surface area (Å²) in [4.78, 5) is 30.0. The lowest BCUT2D eigenvalue weighted by Gasteiger charge is -2.18. The average Bonchev–Trinajstić information content (AvgIpc) is 3.34. The summed E-state index contributed by atoms with van der Waals surface area (Å²) in [5.74, 6) is 0.692. The van der Waals surface area contributed by atoms with Crippen molar-refractivity contribution in [3.8, 4) is 11.6 Å². The van der Waals surface area contributed by atoms with Crippen LogP contribution < -0.4 is 5.32 Å². The number of aromatic nitrogens is 2. The highest BCUT2D eigenvalue weighted by molar-refractivity contribution is 6.06. The molecule has 1 aliphatic rings. The number of rotatable bonds is 4. The molecular formula is C15H12N4O5. The van der Waals surface area contributed by atoms with Crippen molar-refractivity contribution in [3.63, 3.8) is 0 Å². The fourth-order valence-corrected chi connectivity index (χ4v) is 2.53. The maximum atomic E-state index is 12.7. The number of hydrogen-bond donors (Lipinski definition) is 1. The van der Waals surface area contributed by atoms with Gasteiger partial charge in [-0.1, -0.05) is 5.16 Å². The van der Waals surface area contributed by atoms with E-state index in [1.54, 1.807) is 31.2 Å². The van der Waals surface area contributed by atoms with E-state index in [1.165, 1.54) is 12.5 Å². The van der Waals surface area contributed by atoms with Crippen molar-refractivity contribution in [1.82, 2.24) is 20.4 Å². The molecular weight excluding hydrogens is 316 g/mol. The molecule has 1 N–H and O–H groups in total. The van der Waals surface area contributed by atoms with E-state index in [0.29, 0.717) is 11.5 Å². The molecule has 4 rings (SSSR count). The fraction of sp³-hybridized carbons (Fsp3) is 0.200. The highest BCUT2D eigenvalue weighted by Gasteiger charge is 2.51. The highest BCUT2D eigenvalue weighted by Crippen LogP contribution is 2.30. The van der Waals surface area contributed by atoms with Crippen LogP contribution in [0.2, 0.25) is 0 Å². The van der Waals surface area contributed by atoms with Crippen LogP contribution in [0.4, 0.5) is 4.79 Å². The molecule has 3 aromatic heterocycles. The van der Waals surface area contributed by atoms with Crippen LogP contribution in [-0.4, -0.2) is 27.0 Å². The molecule has 0 radical (unpaired) electrons. The Morgan fingerprint density at radius 2 is 2.00 bits per heavy atom. The fourth-order valence-electron chi connectivity index (χ4n) is 2.53. The number of carbonyl (C=O) groups is 2. The molecule has 122 valence electrons. The predicted molar refractivity (Wildman–Crippen MR) is 77.1 cm³/mol. The van der Waals surface area contributed by atoms with Crippen LogP contribution in [0.1, 0.15) is 18.6 Å². The monoisotopic (exact) mass is 328 g/mol. The summed E-state index contributed by atoms with van der Waals surface area (Å²) in [6.45, 7) is 1.43. The Morgan fingerprint density at radius 3 is 2.71 bits per heavy atom. The van der Waals surface area contributed by atoms with Crippen LogP contribution in [0, 0.1) is 0 Å². The average molecular weight is 328 g/mol. The summed E-state index contributed by atoms with van der Waals surface area (Å²) in [7, 11) is 0. The van der Waals surface area contributed by atoms with Gasteiger partial charge in [-0.3, -0.25) is 9.69 Å². The highest BCUT2D eigenvalue weighted by atomic mass is 16.5. The number of carbonyl (C=O) groups excluding carboxylic acids is 2. The maximum absolute atomic E-state index is 12.7. The number of urea groups is 1. The molecule has 1 fully saturated rings. The molecule has 3 amide bonds. The van der Waals surface area contributed by atoms with Gasteiger partial charge in [-0.05, 0) is 31.2 Å². The second-order valence-electron chi connectivity index (χ2n) is 5.41. The molecule has 9 nitrogen and oxygen atoms in total. The van der Waals surface area contributed by atoms with Crippen molar-refractivity contribution >= 4 is 11.9 Å². The minimum Gasteiger partial charge on any atom is -0.466 e. The molecule has 24 heavy (non-hydrogen) atoms. The zero-order valence-electron chi connectivity index (χ0n) is 12.6. The third-order valence-electron chi connectivity index (χ3n) is 3.79. The number of amides is 3. The molecule has 1 atom stereocenters. The Kier molecular flexibility index (Phi) is 3.02. The van der Waals surface area contributed by atoms with Gasteiger partial charge in [0.15, 0.2) is 11.3 Å². The second-order valence-corrected chi connectivity index (χ2v) is 5.41. The molecule has 0 spiro atoms. The first kappa shape index (κ1) is 14.2. The summed E-state index contributed by atoms with van der Waals surface area (Å²) < 4.78 is 15.5. The summed E-state index contributed by atoms with van der Waals surface area (Å²) in [5.41, 5.74) is -1.26. The second kappa shape index (κ2) is 5.08. The van der Waals surface area contributed by atoms with E-state index < -0.39 is 17.5 Å². The molecule has 3 aromatic rings. The SMILES string of the molecule is C[C@@]1(c2ccco2)NC(=O)N(Cc2nc(-c3ccco3)no2)C1=O. The predicted octanol–water partition coefficient (Wildman–Crippen LogP) is 1.89. The van der Waals surface area contributed by atoms with Gasteiger partial charge in [0.2, 0.25) is 11.7 Å². The smallest absolute Gasteiger partial charge is 0.325 e. The lowest BCUT2D eigenvalue weighted by Crippen LogP contribution is -2.40. The standard InChI is InChI=1S/C15H12N4O5/c1-15(10-5-3-7-23-10)13(20)19(14(21)17-15)8-11-16-12(18-24-11)9-4-2-6-22-9/h2-7H,8H2,1H3,(H,17,21)/t15-/m0/s1. The Hall–Kier alpha value is -3.36. The van der Waals surface area contributed by atoms with E-state index in [9.17, 15) is 9.59 Å². The summed E-state index contributed by atoms with van der Waals surface area (Å²) in [6.07, 6.45) is 2.92. The first-order valence-electron chi connectivity index (χ1n) is 7.12. The van der Waals surface area contributed by atoms with E-state index in [2.05, 4.69) is 15.5 Å². The topological polar surface area (TPSA) is 115 Å². The van der Waals surface area contributed by atoms with Crippen LogP contribution in [0.3, 0.4) is 0 Å². The van der Waals surface area contributed by atoms with Gasteiger partial charge in [-0.15, -0.1) is 0 Å². The number of nitrogens with zero attached hydrogens (tertiary/aromatic N) is 3. The minimum atomic E-state index is -1.26. The van der Waals surface area contributed by atoms with E-state index in [0.717, 1.165) is 4.90 Å². The zero-order valence-corrected chi connectivity index (χ0v) is 12.6. The third-order valence-corrected chi connectivity index (χ3v) is 3.79. The number of imide groups is 1. The zero-order chi connectivity index (χ0) is 16.7. The Bertz CT molecular complexity index is 883. The van der Waals surface area contributed by atoms with Gasteiger partial charge in [0.25, 0.3) is 5.91 Å². The summed E-state index contributed by atoms with van der Waals surface area (Å²) in [6, 6.07) is 6.09. The first-order valence-corrected chi connectivity index (χ1v) is 7.12.